The highest BCUT2D eigenvalue weighted by Gasteiger charge is 2.52. The Hall–Kier alpha value is -6.26. The first kappa shape index (κ1) is 35.2. The van der Waals surface area contributed by atoms with Crippen LogP contribution in [0, 0.1) is 0 Å². The summed E-state index contributed by atoms with van der Waals surface area (Å²) >= 11 is 0. The van der Waals surface area contributed by atoms with Gasteiger partial charge in [-0.15, -0.1) is 0 Å². The normalized spacial score (nSPS) is 15.1. The summed E-state index contributed by atoms with van der Waals surface area (Å²) in [5, 5.41) is 0. The smallest absolute Gasteiger partial charge is 0.159 e. The third kappa shape index (κ3) is 5.64. The highest BCUT2D eigenvalue weighted by molar-refractivity contribution is 5.98. The summed E-state index contributed by atoms with van der Waals surface area (Å²) in [4.78, 5) is 19.5. The van der Waals surface area contributed by atoms with Crippen LogP contribution in [0.3, 0.4) is 0 Å². The number of hydrogen-bond donors (Lipinski definition) is 0. The van der Waals surface area contributed by atoms with Crippen LogP contribution >= 0.6 is 0 Å². The average Bonchev–Trinajstić information content (AvgIpc) is 3.70. The van der Waals surface area contributed by atoms with Crippen molar-refractivity contribution in [1.82, 2.24) is 19.9 Å². The molecule has 2 heterocycles. The highest BCUT2D eigenvalue weighted by Crippen LogP contribution is 2.64. The van der Waals surface area contributed by atoms with Crippen LogP contribution in [0.4, 0.5) is 0 Å². The molecule has 0 amide bonds. The molecule has 0 saturated carbocycles. The summed E-state index contributed by atoms with van der Waals surface area (Å²) in [6, 6.07) is 40.3. The van der Waals surface area contributed by atoms with Crippen molar-refractivity contribution >= 4 is 5.57 Å². The maximum atomic E-state index is 4.88. The van der Waals surface area contributed by atoms with Crippen LogP contribution in [-0.2, 0) is 16.2 Å². The Balaban J connectivity index is 1.07. The number of aromatic nitrogens is 4. The third-order valence-electron chi connectivity index (χ3n) is 12.4. The minimum Gasteiger partial charge on any atom is -0.236 e. The van der Waals surface area contributed by atoms with Gasteiger partial charge in [0.1, 0.15) is 0 Å². The van der Waals surface area contributed by atoms with Crippen LogP contribution in [-0.4, -0.2) is 19.9 Å². The Morgan fingerprint density at radius 1 is 0.456 bits per heavy atom. The first-order valence-corrected chi connectivity index (χ1v) is 20.2. The second kappa shape index (κ2) is 12.9. The third-order valence-corrected chi connectivity index (χ3v) is 12.4. The number of fused-ring (bicyclic) bond motifs is 9. The minimum absolute atomic E-state index is 0.0970. The fraction of sp³-hybridized carbons (Fsp3) is 0.208. The second-order valence-corrected chi connectivity index (χ2v) is 17.9. The van der Waals surface area contributed by atoms with E-state index in [2.05, 4.69) is 163 Å². The molecular formula is C53H46N4. The van der Waals surface area contributed by atoms with E-state index in [4.69, 9.17) is 19.9 Å². The molecule has 3 aliphatic carbocycles. The zero-order valence-corrected chi connectivity index (χ0v) is 33.6. The molecule has 3 aliphatic rings. The lowest BCUT2D eigenvalue weighted by molar-refractivity contribution is 0.590. The predicted octanol–water partition coefficient (Wildman–Crippen LogP) is 13.0. The SMILES string of the molecule is CC(C)(C)c1ccc(-c2ncc(-c3ccc4c(c3)C3(C5=C(C=CCC5)c5ccccc53)c3cc(-c5cnc(-c6ccc(C(C)(C)C)cc6)nc5)ccc3-4)cn2)cc1. The van der Waals surface area contributed by atoms with Gasteiger partial charge in [-0.3, -0.25) is 0 Å². The van der Waals surface area contributed by atoms with Gasteiger partial charge < -0.3 is 0 Å². The zero-order valence-electron chi connectivity index (χ0n) is 33.6. The maximum absolute atomic E-state index is 4.88. The Labute approximate surface area is 336 Å². The maximum Gasteiger partial charge on any atom is 0.159 e. The van der Waals surface area contributed by atoms with Gasteiger partial charge in [0.2, 0.25) is 0 Å². The standard InChI is InChI=1S/C53H46N4/c1-51(2,3)39-21-15-33(16-22-39)49-54-29-37(30-55-49)35-19-25-43-44-26-20-36(38-31-56-50(57-32-38)34-17-23-40(24-18-34)52(4,5)6)28-48(44)53(47(43)27-35)45-13-9-7-11-41(45)42-12-8-10-14-46(42)53/h7-9,11-13,15-32H,10,14H2,1-6H3. The van der Waals surface area contributed by atoms with E-state index in [1.807, 2.05) is 24.8 Å². The molecule has 4 nitrogen and oxygen atoms in total. The molecule has 0 bridgehead atoms. The molecule has 0 radical (unpaired) electrons. The largest absolute Gasteiger partial charge is 0.236 e. The lowest BCUT2D eigenvalue weighted by Crippen LogP contribution is -2.28. The Bertz CT molecular complexity index is 2610. The first-order valence-electron chi connectivity index (χ1n) is 20.2. The lowest BCUT2D eigenvalue weighted by atomic mass is 9.67. The van der Waals surface area contributed by atoms with E-state index in [1.165, 1.54) is 55.7 Å². The monoisotopic (exact) mass is 738 g/mol. The molecule has 57 heavy (non-hydrogen) atoms. The van der Waals surface area contributed by atoms with Gasteiger partial charge in [-0.25, -0.2) is 19.9 Å². The van der Waals surface area contributed by atoms with Crippen molar-refractivity contribution < 1.29 is 0 Å². The van der Waals surface area contributed by atoms with Gasteiger partial charge >= 0.3 is 0 Å². The molecule has 0 saturated heterocycles. The molecule has 0 atom stereocenters. The van der Waals surface area contributed by atoms with Crippen LogP contribution in [0.1, 0.15) is 87.8 Å². The van der Waals surface area contributed by atoms with Crippen molar-refractivity contribution in [2.75, 3.05) is 0 Å². The van der Waals surface area contributed by atoms with Gasteiger partial charge in [0.15, 0.2) is 11.6 Å². The Morgan fingerprint density at radius 3 is 1.39 bits per heavy atom. The van der Waals surface area contributed by atoms with E-state index in [-0.39, 0.29) is 10.8 Å². The van der Waals surface area contributed by atoms with Gasteiger partial charge in [0.05, 0.1) is 5.41 Å². The molecule has 0 aliphatic heterocycles. The fourth-order valence-electron chi connectivity index (χ4n) is 9.30. The summed E-state index contributed by atoms with van der Waals surface area (Å²) in [5.74, 6) is 1.47. The summed E-state index contributed by atoms with van der Waals surface area (Å²) in [5.41, 5.74) is 19.4. The number of allylic oxidation sites excluding steroid dienone is 4. The van der Waals surface area contributed by atoms with Crippen LogP contribution < -0.4 is 0 Å². The van der Waals surface area contributed by atoms with Crippen molar-refractivity contribution in [3.05, 3.63) is 185 Å². The molecule has 0 unspecified atom stereocenters. The molecule has 0 fully saturated rings. The number of hydrogen-bond acceptors (Lipinski definition) is 4. The lowest BCUT2D eigenvalue weighted by Gasteiger charge is -2.34. The zero-order chi connectivity index (χ0) is 39.1. The number of benzene rings is 5. The Kier molecular flexibility index (Phi) is 7.96. The van der Waals surface area contributed by atoms with Gasteiger partial charge in [-0.1, -0.05) is 151 Å². The summed E-state index contributed by atoms with van der Waals surface area (Å²) in [6.07, 6.45) is 14.6. The number of rotatable bonds is 4. The molecule has 0 N–H and O–H groups in total. The quantitative estimate of drug-likeness (QED) is 0.180. The van der Waals surface area contributed by atoms with E-state index in [0.717, 1.165) is 57.9 Å². The molecule has 7 aromatic rings. The molecule has 4 heteroatoms. The van der Waals surface area contributed by atoms with E-state index < -0.39 is 5.41 Å². The van der Waals surface area contributed by atoms with Crippen LogP contribution in [0.2, 0.25) is 0 Å². The summed E-state index contributed by atoms with van der Waals surface area (Å²) in [7, 11) is 0. The average molecular weight is 739 g/mol. The minimum atomic E-state index is -0.418. The molecule has 5 aromatic carbocycles. The molecule has 2 aromatic heterocycles. The van der Waals surface area contributed by atoms with Crippen molar-refractivity contribution in [2.45, 2.75) is 70.6 Å². The van der Waals surface area contributed by atoms with E-state index >= 15 is 0 Å². The molecule has 1 spiro atoms. The molecule has 278 valence electrons. The Morgan fingerprint density at radius 2 is 0.912 bits per heavy atom. The van der Waals surface area contributed by atoms with Crippen LogP contribution in [0.25, 0.3) is 61.7 Å². The highest BCUT2D eigenvalue weighted by atomic mass is 14.9. The first-order chi connectivity index (χ1) is 27.5. The topological polar surface area (TPSA) is 51.6 Å². The van der Waals surface area contributed by atoms with E-state index in [9.17, 15) is 0 Å². The van der Waals surface area contributed by atoms with E-state index in [1.54, 1.807) is 0 Å². The number of nitrogens with zero attached hydrogens (tertiary/aromatic N) is 4. The van der Waals surface area contributed by atoms with Crippen molar-refractivity contribution in [2.24, 2.45) is 0 Å². The molecule has 10 rings (SSSR count). The predicted molar refractivity (Wildman–Crippen MR) is 234 cm³/mol. The van der Waals surface area contributed by atoms with Crippen molar-refractivity contribution in [3.8, 4) is 56.2 Å². The summed E-state index contributed by atoms with van der Waals surface area (Å²) in [6.45, 7) is 13.4. The van der Waals surface area contributed by atoms with Gasteiger partial charge in [-0.2, -0.15) is 0 Å². The van der Waals surface area contributed by atoms with Crippen molar-refractivity contribution in [3.63, 3.8) is 0 Å². The fourth-order valence-corrected chi connectivity index (χ4v) is 9.30. The van der Waals surface area contributed by atoms with E-state index in [0.29, 0.717) is 0 Å². The van der Waals surface area contributed by atoms with Crippen molar-refractivity contribution in [1.29, 1.82) is 0 Å². The van der Waals surface area contributed by atoms with Crippen LogP contribution in [0.15, 0.2) is 152 Å². The second-order valence-electron chi connectivity index (χ2n) is 17.9. The summed E-state index contributed by atoms with van der Waals surface area (Å²) < 4.78 is 0. The van der Waals surface area contributed by atoms with Gasteiger partial charge in [0.25, 0.3) is 0 Å². The molecular weight excluding hydrogens is 693 g/mol. The van der Waals surface area contributed by atoms with Gasteiger partial charge in [-0.05, 0) is 103 Å². The van der Waals surface area contributed by atoms with Crippen LogP contribution in [0.5, 0.6) is 0 Å². The van der Waals surface area contributed by atoms with Gasteiger partial charge in [0, 0.05) is 47.0 Å².